The molecule has 69 heavy (non-hydrogen) atoms. The van der Waals surface area contributed by atoms with Gasteiger partial charge in [0, 0.05) is 31.3 Å². The largest absolute Gasteiger partial charge is 0.491 e. The molecule has 18 heteroatoms. The summed E-state index contributed by atoms with van der Waals surface area (Å²) >= 11 is 0. The number of likely N-dealkylation sites (tertiary alicyclic amines) is 2. The molecule has 7 unspecified atom stereocenters. The summed E-state index contributed by atoms with van der Waals surface area (Å²) in [5.41, 5.74) is 14.1. The number of imidazole rings is 2. The van der Waals surface area contributed by atoms with E-state index in [2.05, 4.69) is 55.5 Å². The Labute approximate surface area is 401 Å². The first kappa shape index (κ1) is 47.8. The number of fused-ring (bicyclic) bond motifs is 4. The van der Waals surface area contributed by atoms with Crippen LogP contribution in [-0.2, 0) is 30.2 Å². The summed E-state index contributed by atoms with van der Waals surface area (Å²) in [6.07, 6.45) is 6.68. The predicted molar refractivity (Wildman–Crippen MR) is 256 cm³/mol. The van der Waals surface area contributed by atoms with Gasteiger partial charge in [0.1, 0.15) is 42.0 Å². The Balaban J connectivity index is 0.999. The van der Waals surface area contributed by atoms with Crippen molar-refractivity contribution < 1.29 is 42.8 Å². The van der Waals surface area contributed by atoms with E-state index in [1.54, 1.807) is 18.2 Å². The molecule has 3 amide bonds. The summed E-state index contributed by atoms with van der Waals surface area (Å²) in [5.74, 6) is 1.89. The van der Waals surface area contributed by atoms with Crippen molar-refractivity contribution in [3.05, 3.63) is 101 Å². The number of allylic oxidation sites excluding steroid dienone is 2. The molecule has 6 heterocycles. The lowest BCUT2D eigenvalue weighted by Gasteiger charge is -2.43. The minimum absolute atomic E-state index is 0.00805. The number of halogens is 1. The zero-order valence-corrected chi connectivity index (χ0v) is 40.0. The summed E-state index contributed by atoms with van der Waals surface area (Å²) < 4.78 is 38.9. The summed E-state index contributed by atoms with van der Waals surface area (Å²) in [5, 5.41) is 11.9. The van der Waals surface area contributed by atoms with Gasteiger partial charge in [0.15, 0.2) is 6.23 Å². The minimum Gasteiger partial charge on any atom is -0.491 e. The maximum atomic E-state index is 14.9. The highest BCUT2D eigenvalue weighted by Gasteiger charge is 2.45. The van der Waals surface area contributed by atoms with E-state index in [4.69, 9.17) is 29.7 Å². The first-order valence-corrected chi connectivity index (χ1v) is 24.2. The number of rotatable bonds is 17. The zero-order chi connectivity index (χ0) is 48.5. The Morgan fingerprint density at radius 2 is 1.70 bits per heavy atom. The van der Waals surface area contributed by atoms with Crippen LogP contribution in [-0.4, -0.2) is 124 Å². The molecule has 4 aliphatic heterocycles. The molecular formula is C51H64FN9O8. The highest BCUT2D eigenvalue weighted by atomic mass is 19.1. The fourth-order valence-electron chi connectivity index (χ4n) is 10.4. The number of carbonyl (C=O) groups excluding carboxylic acids is 2. The molecule has 4 aromatic rings. The van der Waals surface area contributed by atoms with E-state index >= 15 is 0 Å². The Morgan fingerprint density at radius 1 is 0.928 bits per heavy atom. The number of hydrogen-bond donors (Lipinski definition) is 5. The molecular weight excluding hydrogens is 886 g/mol. The van der Waals surface area contributed by atoms with Gasteiger partial charge in [-0.25, -0.2) is 19.2 Å². The first-order chi connectivity index (χ1) is 33.3. The van der Waals surface area contributed by atoms with E-state index in [1.165, 1.54) is 10.5 Å². The smallest absolute Gasteiger partial charge is 0.405 e. The van der Waals surface area contributed by atoms with Crippen molar-refractivity contribution in [3.8, 4) is 17.0 Å². The third-order valence-electron chi connectivity index (χ3n) is 14.1. The van der Waals surface area contributed by atoms with Crippen LogP contribution in [0.3, 0.4) is 0 Å². The number of hydrogen-bond acceptors (Lipinski definition) is 11. The second-order valence-electron chi connectivity index (χ2n) is 19.4. The number of nitrogens with two attached hydrogens (primary N) is 1. The number of H-pyrrole nitrogens is 2. The molecule has 6 N–H and O–H groups in total. The molecule has 9 rings (SSSR count). The van der Waals surface area contributed by atoms with Gasteiger partial charge in [0.25, 0.3) is 0 Å². The molecule has 2 saturated heterocycles. The van der Waals surface area contributed by atoms with Crippen LogP contribution in [0.4, 0.5) is 14.9 Å². The van der Waals surface area contributed by atoms with Gasteiger partial charge in [0.05, 0.1) is 74.3 Å². The quantitative estimate of drug-likeness (QED) is 0.0679. The third kappa shape index (κ3) is 9.83. The first-order valence-electron chi connectivity index (χ1n) is 24.2. The fourth-order valence-corrected chi connectivity index (χ4v) is 10.4. The number of benzene rings is 2. The topological polar surface area (TPSA) is 213 Å². The average Bonchev–Trinajstić information content (AvgIpc) is 4.20. The average molecular weight is 950 g/mol. The number of anilines is 1. The molecule has 0 bridgehead atoms. The van der Waals surface area contributed by atoms with Gasteiger partial charge in [0.2, 0.25) is 11.8 Å². The molecule has 5 aliphatic rings. The van der Waals surface area contributed by atoms with E-state index in [1.807, 2.05) is 52.1 Å². The number of methoxy groups -OCH3 is 1. The van der Waals surface area contributed by atoms with Gasteiger partial charge in [-0.3, -0.25) is 9.59 Å². The monoisotopic (exact) mass is 949 g/mol. The fraction of sp³-hybridized carbons (Fsp3) is 0.510. The number of carbonyl (C=O) groups is 3. The Morgan fingerprint density at radius 3 is 2.46 bits per heavy atom. The summed E-state index contributed by atoms with van der Waals surface area (Å²) in [4.78, 5) is 60.7. The maximum absolute atomic E-state index is 14.9. The summed E-state index contributed by atoms with van der Waals surface area (Å²) in [6.45, 7) is 9.74. The van der Waals surface area contributed by atoms with E-state index in [-0.39, 0.29) is 48.7 Å². The van der Waals surface area contributed by atoms with E-state index in [0.717, 1.165) is 70.8 Å². The highest BCUT2D eigenvalue weighted by Crippen LogP contribution is 2.51. The van der Waals surface area contributed by atoms with E-state index in [0.29, 0.717) is 56.8 Å². The lowest BCUT2D eigenvalue weighted by atomic mass is 9.88. The van der Waals surface area contributed by atoms with Crippen LogP contribution < -0.4 is 20.7 Å². The van der Waals surface area contributed by atoms with Crippen molar-refractivity contribution in [2.75, 3.05) is 51.5 Å². The number of alkyl halides is 1. The van der Waals surface area contributed by atoms with Crippen LogP contribution in [0.15, 0.2) is 72.3 Å². The molecule has 2 fully saturated rings. The molecule has 7 atom stereocenters. The van der Waals surface area contributed by atoms with Crippen molar-refractivity contribution in [2.45, 2.75) is 109 Å². The standard InChI is InChI=1S/C51H64FN9O8/c1-28(2)44(53)48(62)60-27-34(52)24-42(60)47-55-25-37(57-47)30-12-14-39-33(20-30)22-41-36-13-11-31(38-26-54-46(56-38)40-10-7-15-59(40)49(63)45(29(3)4)58-51(64)65)23-43(36)69-50(61(39)41)32-8-6-9-35(21-32)68-19-18-67-17-16-66-5/h6,8-9,12,14,20-21,23,25-26,28-29,34,40-42,44-45,50,58H,7,10-11,13,15-19,22,24,27,53H2,1-5H3,(H,54,56)(H,55,57)(H,64,65). The Bertz CT molecular complexity index is 2590. The molecule has 0 saturated carbocycles. The van der Waals surface area contributed by atoms with Crippen molar-refractivity contribution in [2.24, 2.45) is 17.6 Å². The van der Waals surface area contributed by atoms with Crippen molar-refractivity contribution in [1.29, 1.82) is 0 Å². The molecule has 2 aromatic carbocycles. The van der Waals surface area contributed by atoms with E-state index < -0.39 is 36.6 Å². The highest BCUT2D eigenvalue weighted by molar-refractivity contribution is 5.86. The number of amides is 3. The normalized spacial score (nSPS) is 22.9. The maximum Gasteiger partial charge on any atom is 0.405 e. The third-order valence-corrected chi connectivity index (χ3v) is 14.1. The number of aromatic nitrogens is 4. The lowest BCUT2D eigenvalue weighted by molar-refractivity contribution is -0.136. The van der Waals surface area contributed by atoms with Crippen LogP contribution >= 0.6 is 0 Å². The minimum atomic E-state index is -1.23. The molecule has 1 aliphatic carbocycles. The van der Waals surface area contributed by atoms with Crippen molar-refractivity contribution in [1.82, 2.24) is 35.1 Å². The van der Waals surface area contributed by atoms with Gasteiger partial charge in [-0.15, -0.1) is 0 Å². The number of carboxylic acid groups (broad SMARTS) is 1. The predicted octanol–water partition coefficient (Wildman–Crippen LogP) is 6.98. The molecule has 368 valence electrons. The van der Waals surface area contributed by atoms with Gasteiger partial charge in [-0.1, -0.05) is 45.9 Å². The number of nitrogens with one attached hydrogen (secondary N) is 3. The Kier molecular flexibility index (Phi) is 14.1. The second-order valence-corrected chi connectivity index (χ2v) is 19.4. The molecule has 17 nitrogen and oxygen atoms in total. The van der Waals surface area contributed by atoms with Crippen molar-refractivity contribution >= 4 is 29.2 Å². The van der Waals surface area contributed by atoms with Crippen LogP contribution in [0.1, 0.15) is 107 Å². The molecule has 0 spiro atoms. The van der Waals surface area contributed by atoms with Gasteiger partial charge >= 0.3 is 6.09 Å². The SMILES string of the molecule is COCCOCCOc1cccc(C2OC3=C(CCC(c4cnc(C5CCCN5C(=O)C(NC(=O)O)C(C)C)[nH]4)=C3)C3Cc4cc(-c5cnc(C6CC(F)CN6C(=O)C(N)C(C)C)[nH]5)ccc4N32)c1. The summed E-state index contributed by atoms with van der Waals surface area (Å²) in [7, 11) is 1.64. The van der Waals surface area contributed by atoms with Crippen LogP contribution in [0.2, 0.25) is 0 Å². The van der Waals surface area contributed by atoms with Crippen molar-refractivity contribution in [3.63, 3.8) is 0 Å². The molecule has 0 radical (unpaired) electrons. The number of nitrogens with zero attached hydrogens (tertiary/aromatic N) is 5. The zero-order valence-electron chi connectivity index (χ0n) is 40.0. The molecule has 2 aromatic heterocycles. The Hall–Kier alpha value is -6.24. The van der Waals surface area contributed by atoms with E-state index in [9.17, 15) is 23.9 Å². The van der Waals surface area contributed by atoms with Crippen LogP contribution in [0, 0.1) is 11.8 Å². The number of aromatic amines is 2. The lowest BCUT2D eigenvalue weighted by Crippen LogP contribution is -2.50. The van der Waals surface area contributed by atoms with Gasteiger partial charge in [-0.2, -0.15) is 0 Å². The number of ether oxygens (including phenoxy) is 4. The second kappa shape index (κ2) is 20.4. The van der Waals surface area contributed by atoms with Gasteiger partial charge in [-0.05, 0) is 96.6 Å². The van der Waals surface area contributed by atoms with Crippen LogP contribution in [0.5, 0.6) is 5.75 Å². The van der Waals surface area contributed by atoms with Gasteiger partial charge < -0.3 is 59.8 Å². The van der Waals surface area contributed by atoms with Crippen LogP contribution in [0.25, 0.3) is 16.8 Å². The summed E-state index contributed by atoms with van der Waals surface area (Å²) in [6, 6.07) is 11.9.